The molecule has 0 radical (unpaired) electrons. The van der Waals surface area contributed by atoms with Crippen LogP contribution in [0.1, 0.15) is 24.4 Å². The second kappa shape index (κ2) is 6.85. The number of ether oxygens (including phenoxy) is 1. The predicted molar refractivity (Wildman–Crippen MR) is 98.7 cm³/mol. The second-order valence-corrected chi connectivity index (χ2v) is 10.0. The summed E-state index contributed by atoms with van der Waals surface area (Å²) in [6.45, 7) is 2.63. The Morgan fingerprint density at radius 2 is 1.85 bits per heavy atom. The number of likely N-dealkylation sites (tertiary alicyclic amines) is 1. The number of sulfone groups is 1. The molecule has 1 amide bonds. The van der Waals surface area contributed by atoms with Crippen LogP contribution in [-0.4, -0.2) is 57.5 Å². The smallest absolute Gasteiger partial charge is 0.226 e. The standard InChI is InChI=1S/C19H26N2O4S/c1-25-16-4-2-13(3-5-16)18-17-11-20-10-15(17)12-21(18)19(22)14-6-8-26(23,24)9-7-14/h2-5,14-15,17-18,20H,6-12H2,1H3/t15-,17-,18-/m0/s1. The van der Waals surface area contributed by atoms with E-state index in [0.29, 0.717) is 24.7 Å². The molecule has 3 atom stereocenters. The first kappa shape index (κ1) is 17.8. The van der Waals surface area contributed by atoms with Crippen molar-refractivity contribution in [3.63, 3.8) is 0 Å². The first-order valence-electron chi connectivity index (χ1n) is 9.34. The molecule has 6 nitrogen and oxygen atoms in total. The molecule has 0 aliphatic carbocycles. The van der Waals surface area contributed by atoms with Crippen LogP contribution in [0.4, 0.5) is 0 Å². The van der Waals surface area contributed by atoms with Gasteiger partial charge in [-0.25, -0.2) is 8.42 Å². The number of amides is 1. The van der Waals surface area contributed by atoms with E-state index in [9.17, 15) is 13.2 Å². The van der Waals surface area contributed by atoms with Crippen molar-refractivity contribution in [1.29, 1.82) is 0 Å². The van der Waals surface area contributed by atoms with Crippen molar-refractivity contribution >= 4 is 15.7 Å². The summed E-state index contributed by atoms with van der Waals surface area (Å²) in [5, 5.41) is 3.45. The van der Waals surface area contributed by atoms with Crippen LogP contribution in [0.5, 0.6) is 5.75 Å². The lowest BCUT2D eigenvalue weighted by Crippen LogP contribution is -2.41. The van der Waals surface area contributed by atoms with Crippen LogP contribution >= 0.6 is 0 Å². The van der Waals surface area contributed by atoms with Crippen LogP contribution in [0.15, 0.2) is 24.3 Å². The van der Waals surface area contributed by atoms with Crippen LogP contribution in [0, 0.1) is 17.8 Å². The fraction of sp³-hybridized carbons (Fsp3) is 0.632. The van der Waals surface area contributed by atoms with E-state index < -0.39 is 9.84 Å². The van der Waals surface area contributed by atoms with E-state index >= 15 is 0 Å². The van der Waals surface area contributed by atoms with Crippen molar-refractivity contribution in [1.82, 2.24) is 10.2 Å². The van der Waals surface area contributed by atoms with Gasteiger partial charge < -0.3 is 15.0 Å². The van der Waals surface area contributed by atoms with Gasteiger partial charge in [0.1, 0.15) is 15.6 Å². The monoisotopic (exact) mass is 378 g/mol. The molecule has 1 aromatic rings. The molecular formula is C19H26N2O4S. The molecule has 7 heteroatoms. The molecule has 1 aromatic carbocycles. The number of carbonyl (C=O) groups is 1. The number of benzene rings is 1. The highest BCUT2D eigenvalue weighted by molar-refractivity contribution is 7.91. The Morgan fingerprint density at radius 3 is 2.50 bits per heavy atom. The Balaban J connectivity index is 1.58. The fourth-order valence-electron chi connectivity index (χ4n) is 4.75. The van der Waals surface area contributed by atoms with Gasteiger partial charge in [0.2, 0.25) is 5.91 Å². The number of carbonyl (C=O) groups excluding carboxylic acids is 1. The first-order chi connectivity index (χ1) is 12.5. The predicted octanol–water partition coefficient (Wildman–Crippen LogP) is 1.24. The van der Waals surface area contributed by atoms with Gasteiger partial charge in [-0.3, -0.25) is 4.79 Å². The van der Waals surface area contributed by atoms with Gasteiger partial charge >= 0.3 is 0 Å². The molecule has 3 aliphatic rings. The molecule has 142 valence electrons. The zero-order chi connectivity index (χ0) is 18.3. The molecule has 0 bridgehead atoms. The number of nitrogens with one attached hydrogen (secondary N) is 1. The van der Waals surface area contributed by atoms with Gasteiger partial charge in [0, 0.05) is 31.5 Å². The van der Waals surface area contributed by atoms with Gasteiger partial charge in [0.25, 0.3) is 0 Å². The highest BCUT2D eigenvalue weighted by Crippen LogP contribution is 2.44. The molecule has 0 spiro atoms. The van der Waals surface area contributed by atoms with Crippen molar-refractivity contribution in [3.05, 3.63) is 29.8 Å². The zero-order valence-electron chi connectivity index (χ0n) is 15.1. The Labute approximate surface area is 154 Å². The third-order valence-electron chi connectivity index (χ3n) is 6.21. The Morgan fingerprint density at radius 1 is 1.15 bits per heavy atom. The molecule has 26 heavy (non-hydrogen) atoms. The van der Waals surface area contributed by atoms with Gasteiger partial charge in [-0.2, -0.15) is 0 Å². The van der Waals surface area contributed by atoms with Crippen molar-refractivity contribution in [2.45, 2.75) is 18.9 Å². The molecular weight excluding hydrogens is 352 g/mol. The second-order valence-electron chi connectivity index (χ2n) is 7.72. The molecule has 0 unspecified atom stereocenters. The lowest BCUT2D eigenvalue weighted by atomic mass is 9.89. The van der Waals surface area contributed by atoms with Gasteiger partial charge in [0.15, 0.2) is 0 Å². The SMILES string of the molecule is COc1ccc([C@H]2[C@H]3CNC[C@H]3CN2C(=O)C2CCS(=O)(=O)CC2)cc1. The van der Waals surface area contributed by atoms with E-state index in [1.807, 2.05) is 17.0 Å². The normalized spacial score (nSPS) is 31.0. The number of fused-ring (bicyclic) bond motifs is 1. The van der Waals surface area contributed by atoms with Crippen LogP contribution in [-0.2, 0) is 14.6 Å². The van der Waals surface area contributed by atoms with E-state index in [-0.39, 0.29) is 29.4 Å². The van der Waals surface area contributed by atoms with E-state index in [1.165, 1.54) is 0 Å². The molecule has 3 aliphatic heterocycles. The van der Waals surface area contributed by atoms with Crippen LogP contribution in [0.3, 0.4) is 0 Å². The van der Waals surface area contributed by atoms with E-state index in [0.717, 1.165) is 30.9 Å². The lowest BCUT2D eigenvalue weighted by Gasteiger charge is -2.32. The minimum absolute atomic E-state index is 0.0620. The molecule has 3 saturated heterocycles. The highest BCUT2D eigenvalue weighted by atomic mass is 32.2. The molecule has 3 fully saturated rings. The molecule has 0 aromatic heterocycles. The Bertz CT molecular complexity index is 763. The maximum atomic E-state index is 13.2. The third kappa shape index (κ3) is 3.22. The third-order valence-corrected chi connectivity index (χ3v) is 7.92. The maximum absolute atomic E-state index is 13.2. The van der Waals surface area contributed by atoms with Crippen molar-refractivity contribution in [2.24, 2.45) is 17.8 Å². The Kier molecular flexibility index (Phi) is 4.69. The number of hydrogen-bond donors (Lipinski definition) is 1. The van der Waals surface area contributed by atoms with Crippen molar-refractivity contribution in [2.75, 3.05) is 38.2 Å². The van der Waals surface area contributed by atoms with E-state index in [4.69, 9.17) is 4.74 Å². The van der Waals surface area contributed by atoms with Gasteiger partial charge in [-0.1, -0.05) is 12.1 Å². The van der Waals surface area contributed by atoms with Crippen LogP contribution < -0.4 is 10.1 Å². The van der Waals surface area contributed by atoms with Gasteiger partial charge in [-0.15, -0.1) is 0 Å². The Hall–Kier alpha value is -1.60. The maximum Gasteiger partial charge on any atom is 0.226 e. The van der Waals surface area contributed by atoms with Gasteiger partial charge in [-0.05, 0) is 36.5 Å². The zero-order valence-corrected chi connectivity index (χ0v) is 15.9. The summed E-state index contributed by atoms with van der Waals surface area (Å²) >= 11 is 0. The topological polar surface area (TPSA) is 75.7 Å². The van der Waals surface area contributed by atoms with Crippen LogP contribution in [0.25, 0.3) is 0 Å². The molecule has 0 saturated carbocycles. The van der Waals surface area contributed by atoms with Crippen molar-refractivity contribution in [3.8, 4) is 5.75 Å². The summed E-state index contributed by atoms with van der Waals surface area (Å²) in [4.78, 5) is 15.3. The summed E-state index contributed by atoms with van der Waals surface area (Å²) in [5.41, 5.74) is 1.14. The lowest BCUT2D eigenvalue weighted by molar-refractivity contribution is -0.137. The quantitative estimate of drug-likeness (QED) is 0.856. The number of hydrogen-bond acceptors (Lipinski definition) is 5. The largest absolute Gasteiger partial charge is 0.497 e. The molecule has 1 N–H and O–H groups in total. The molecule has 3 heterocycles. The number of nitrogens with zero attached hydrogens (tertiary/aromatic N) is 1. The van der Waals surface area contributed by atoms with E-state index in [1.54, 1.807) is 7.11 Å². The summed E-state index contributed by atoms with van der Waals surface area (Å²) in [6, 6.07) is 8.06. The minimum Gasteiger partial charge on any atom is -0.497 e. The van der Waals surface area contributed by atoms with Gasteiger partial charge in [0.05, 0.1) is 24.7 Å². The average Bonchev–Trinajstić information content (AvgIpc) is 3.22. The van der Waals surface area contributed by atoms with Crippen LogP contribution in [0.2, 0.25) is 0 Å². The first-order valence-corrected chi connectivity index (χ1v) is 11.2. The minimum atomic E-state index is -2.96. The number of rotatable bonds is 3. The summed E-state index contributed by atoms with van der Waals surface area (Å²) < 4.78 is 28.7. The fourth-order valence-corrected chi connectivity index (χ4v) is 6.24. The summed E-state index contributed by atoms with van der Waals surface area (Å²) in [6.07, 6.45) is 0.918. The molecule has 4 rings (SSSR count). The average molecular weight is 378 g/mol. The highest BCUT2D eigenvalue weighted by Gasteiger charge is 2.48. The summed E-state index contributed by atoms with van der Waals surface area (Å²) in [5.74, 6) is 1.94. The van der Waals surface area contributed by atoms with Crippen molar-refractivity contribution < 1.29 is 17.9 Å². The number of methoxy groups -OCH3 is 1. The summed E-state index contributed by atoms with van der Waals surface area (Å²) in [7, 11) is -1.31. The van der Waals surface area contributed by atoms with E-state index in [2.05, 4.69) is 17.4 Å².